The molecule has 1 saturated heterocycles. The van der Waals surface area contributed by atoms with E-state index in [1.54, 1.807) is 30.5 Å². The predicted molar refractivity (Wildman–Crippen MR) is 131 cm³/mol. The second-order valence-corrected chi connectivity index (χ2v) is 7.52. The molecule has 0 spiro atoms. The number of aliphatic imine (C=N–C) groups is 1. The maximum Gasteiger partial charge on any atom is 0.245 e. The van der Waals surface area contributed by atoms with Gasteiger partial charge in [-0.05, 0) is 48.4 Å². The number of benzene rings is 1. The third-order valence-corrected chi connectivity index (χ3v) is 5.38. The first kappa shape index (κ1) is 22.7. The second kappa shape index (κ2) is 10.9. The van der Waals surface area contributed by atoms with Crippen molar-refractivity contribution in [1.82, 2.24) is 9.88 Å². The Morgan fingerprint density at radius 3 is 2.84 bits per heavy atom. The molecule has 0 aliphatic carbocycles. The van der Waals surface area contributed by atoms with Crippen LogP contribution < -0.4 is 11.5 Å². The Balaban J connectivity index is 0.000000181. The van der Waals surface area contributed by atoms with Crippen molar-refractivity contribution in [3.8, 4) is 5.75 Å². The number of rotatable bonds is 4. The highest BCUT2D eigenvalue weighted by Gasteiger charge is 2.26. The van der Waals surface area contributed by atoms with Crippen LogP contribution in [0.5, 0.6) is 5.75 Å². The Kier molecular flexibility index (Phi) is 7.70. The lowest BCUT2D eigenvalue weighted by atomic mass is 9.98. The van der Waals surface area contributed by atoms with Gasteiger partial charge in [0.1, 0.15) is 11.6 Å². The fraction of sp³-hybridized carbons (Fsp3) is 0.200. The summed E-state index contributed by atoms with van der Waals surface area (Å²) in [5.41, 5.74) is 14.7. The topological polar surface area (TPSA) is 121 Å². The van der Waals surface area contributed by atoms with Crippen molar-refractivity contribution in [2.24, 2.45) is 16.6 Å². The van der Waals surface area contributed by atoms with Crippen molar-refractivity contribution in [3.63, 3.8) is 0 Å². The van der Waals surface area contributed by atoms with Gasteiger partial charge in [0.05, 0.1) is 6.54 Å². The first-order valence-corrected chi connectivity index (χ1v) is 10.5. The number of nitrogens with zero attached hydrogens (tertiary/aromatic N) is 2. The van der Waals surface area contributed by atoms with Crippen molar-refractivity contribution in [1.29, 1.82) is 0 Å². The molecule has 32 heavy (non-hydrogen) atoms. The third kappa shape index (κ3) is 5.78. The minimum absolute atomic E-state index is 0.0365. The normalized spacial score (nSPS) is 17.9. The van der Waals surface area contributed by atoms with Crippen LogP contribution in [0.1, 0.15) is 17.5 Å². The molecule has 7 heteroatoms. The number of carbonyl (C=O) groups is 1. The van der Waals surface area contributed by atoms with Gasteiger partial charge in [-0.15, -0.1) is 0 Å². The molecule has 3 heterocycles. The number of aromatic nitrogens is 1. The van der Waals surface area contributed by atoms with Crippen LogP contribution in [-0.4, -0.2) is 46.7 Å². The lowest BCUT2D eigenvalue weighted by Gasteiger charge is -2.14. The van der Waals surface area contributed by atoms with Gasteiger partial charge in [-0.25, -0.2) is 0 Å². The average molecular weight is 432 g/mol. The minimum Gasteiger partial charge on any atom is -0.507 e. The number of amides is 1. The van der Waals surface area contributed by atoms with Crippen LogP contribution in [0.25, 0.3) is 11.8 Å². The van der Waals surface area contributed by atoms with Gasteiger partial charge in [-0.1, -0.05) is 30.9 Å². The Morgan fingerprint density at radius 1 is 1.31 bits per heavy atom. The van der Waals surface area contributed by atoms with E-state index < -0.39 is 0 Å². The molecular formula is C25H29N5O2. The largest absolute Gasteiger partial charge is 0.507 e. The minimum atomic E-state index is 0.0365. The van der Waals surface area contributed by atoms with Crippen LogP contribution >= 0.6 is 0 Å². The number of aromatic amines is 1. The number of aromatic hydroxyl groups is 1. The zero-order valence-corrected chi connectivity index (χ0v) is 17.9. The van der Waals surface area contributed by atoms with Gasteiger partial charge >= 0.3 is 0 Å². The Labute approximate surface area is 188 Å². The number of carbonyl (C=O) groups excluding carboxylic acids is 1. The molecule has 4 rings (SSSR count). The van der Waals surface area contributed by atoms with E-state index in [1.165, 1.54) is 11.6 Å². The fourth-order valence-electron chi connectivity index (χ4n) is 3.62. The number of nitrogens with one attached hydrogen (secondary N) is 1. The molecule has 0 bridgehead atoms. The van der Waals surface area contributed by atoms with E-state index in [1.807, 2.05) is 23.2 Å². The number of nitrogen functional groups attached to an aromatic ring is 1. The summed E-state index contributed by atoms with van der Waals surface area (Å²) >= 11 is 0. The summed E-state index contributed by atoms with van der Waals surface area (Å²) in [7, 11) is 0. The molecular weight excluding hydrogens is 402 g/mol. The van der Waals surface area contributed by atoms with E-state index in [2.05, 4.69) is 34.8 Å². The summed E-state index contributed by atoms with van der Waals surface area (Å²) in [6.45, 7) is 5.90. The number of H-pyrrole nitrogens is 1. The zero-order valence-electron chi connectivity index (χ0n) is 17.9. The molecule has 0 saturated carbocycles. The molecule has 1 amide bonds. The number of phenolic OH excluding ortho intramolecular Hbond substituents is 1. The summed E-state index contributed by atoms with van der Waals surface area (Å²) in [6, 6.07) is 8.73. The van der Waals surface area contributed by atoms with Gasteiger partial charge in [0, 0.05) is 48.2 Å². The second-order valence-electron chi connectivity index (χ2n) is 7.52. The van der Waals surface area contributed by atoms with Crippen LogP contribution in [0.2, 0.25) is 0 Å². The maximum atomic E-state index is 11.5. The summed E-state index contributed by atoms with van der Waals surface area (Å²) in [5, 5.41) is 9.62. The number of allylic oxidation sites excluding steroid dienone is 2. The summed E-state index contributed by atoms with van der Waals surface area (Å²) in [6.07, 6.45) is 14.0. The van der Waals surface area contributed by atoms with Crippen molar-refractivity contribution in [2.75, 3.05) is 25.4 Å². The third-order valence-electron chi connectivity index (χ3n) is 5.38. The standard InChI is InChI=1S/C13H16N2O.C12H13N3O/c1-2-13(16)15-9-6-12(10-15)11-4-3-7-14-8-5-11;13-10(7-8-5-6-15-12(8)14)9-3-1-2-4-11(9)16/h2-5,8,12H,1,6-7,9-10H2;1-7,15-16H,13-14H2/b;10-7-. The lowest BCUT2D eigenvalue weighted by molar-refractivity contribution is -0.125. The highest BCUT2D eigenvalue weighted by Crippen LogP contribution is 2.25. The monoisotopic (exact) mass is 431 g/mol. The molecule has 166 valence electrons. The Hall–Kier alpha value is -4.00. The van der Waals surface area contributed by atoms with Gasteiger partial charge in [0.25, 0.3) is 0 Å². The van der Waals surface area contributed by atoms with Crippen molar-refractivity contribution >= 4 is 29.7 Å². The van der Waals surface area contributed by atoms with Crippen LogP contribution in [0.4, 0.5) is 5.82 Å². The van der Waals surface area contributed by atoms with Gasteiger partial charge in [0.2, 0.25) is 5.91 Å². The van der Waals surface area contributed by atoms with Gasteiger partial charge < -0.3 is 26.5 Å². The first-order chi connectivity index (χ1) is 15.5. The smallest absolute Gasteiger partial charge is 0.245 e. The van der Waals surface area contributed by atoms with E-state index in [-0.39, 0.29) is 11.7 Å². The van der Waals surface area contributed by atoms with Gasteiger partial charge in [0.15, 0.2) is 0 Å². The molecule has 2 aliphatic rings. The summed E-state index contributed by atoms with van der Waals surface area (Å²) < 4.78 is 0. The zero-order chi connectivity index (χ0) is 22.9. The number of likely N-dealkylation sites (tertiary alicyclic amines) is 1. The van der Waals surface area contributed by atoms with Crippen LogP contribution in [-0.2, 0) is 4.79 Å². The van der Waals surface area contributed by atoms with E-state index in [0.29, 0.717) is 23.0 Å². The number of nitrogens with two attached hydrogens (primary N) is 2. The molecule has 1 aromatic carbocycles. The maximum absolute atomic E-state index is 11.5. The summed E-state index contributed by atoms with van der Waals surface area (Å²) in [4.78, 5) is 20.3. The molecule has 6 N–H and O–H groups in total. The number of hydrogen-bond donors (Lipinski definition) is 4. The molecule has 1 atom stereocenters. The number of hydrogen-bond acceptors (Lipinski definition) is 5. The van der Waals surface area contributed by atoms with E-state index >= 15 is 0 Å². The highest BCUT2D eigenvalue weighted by molar-refractivity contribution is 5.87. The quantitative estimate of drug-likeness (QED) is 0.555. The Morgan fingerprint density at radius 2 is 2.12 bits per heavy atom. The van der Waals surface area contributed by atoms with Crippen molar-refractivity contribution < 1.29 is 9.90 Å². The molecule has 1 aromatic heterocycles. The molecule has 2 aliphatic heterocycles. The molecule has 1 fully saturated rings. The average Bonchev–Trinajstić information content (AvgIpc) is 3.35. The highest BCUT2D eigenvalue weighted by atomic mass is 16.3. The summed E-state index contributed by atoms with van der Waals surface area (Å²) in [5.74, 6) is 1.20. The van der Waals surface area contributed by atoms with Crippen LogP contribution in [0, 0.1) is 5.92 Å². The van der Waals surface area contributed by atoms with E-state index in [4.69, 9.17) is 11.5 Å². The van der Waals surface area contributed by atoms with Crippen LogP contribution in [0.15, 0.2) is 78.0 Å². The molecule has 0 radical (unpaired) electrons. The first-order valence-electron chi connectivity index (χ1n) is 10.5. The Bertz CT molecular complexity index is 1080. The number of para-hydroxylation sites is 1. The van der Waals surface area contributed by atoms with Gasteiger partial charge in [-0.3, -0.25) is 9.79 Å². The van der Waals surface area contributed by atoms with E-state index in [9.17, 15) is 9.90 Å². The van der Waals surface area contributed by atoms with Gasteiger partial charge in [-0.2, -0.15) is 0 Å². The van der Waals surface area contributed by atoms with Crippen molar-refractivity contribution in [3.05, 3.63) is 84.1 Å². The van der Waals surface area contributed by atoms with E-state index in [0.717, 1.165) is 31.6 Å². The van der Waals surface area contributed by atoms with Crippen LogP contribution in [0.3, 0.4) is 0 Å². The lowest BCUT2D eigenvalue weighted by Crippen LogP contribution is -2.26. The fourth-order valence-corrected chi connectivity index (χ4v) is 3.62. The van der Waals surface area contributed by atoms with Crippen molar-refractivity contribution in [2.45, 2.75) is 6.42 Å². The predicted octanol–water partition coefficient (Wildman–Crippen LogP) is 3.35. The SMILES string of the molecule is C=CC(=O)N1CCC(C2=CC=NCC=C2)C1.N/C(=C\c1cc[nH]c1N)c1ccccc1O. The number of phenols is 1. The molecule has 2 aromatic rings. The molecule has 7 nitrogen and oxygen atoms in total. The molecule has 1 unspecified atom stereocenters. The number of anilines is 1.